The number of carbonyl (C=O) groups excluding carboxylic acids is 1. The number of terminal acetylenes is 1. The molecule has 136 valence electrons. The van der Waals surface area contributed by atoms with Crippen LogP contribution in [0.1, 0.15) is 18.1 Å². The van der Waals surface area contributed by atoms with Crippen LogP contribution in [-0.2, 0) is 17.8 Å². The molecule has 0 heterocycles. The summed E-state index contributed by atoms with van der Waals surface area (Å²) in [5, 5.41) is 3.62. The van der Waals surface area contributed by atoms with Crippen LogP contribution in [0.3, 0.4) is 0 Å². The van der Waals surface area contributed by atoms with Gasteiger partial charge in [-0.3, -0.25) is 4.79 Å². The van der Waals surface area contributed by atoms with Gasteiger partial charge >= 0.3 is 0 Å². The molecule has 5 heteroatoms. The van der Waals surface area contributed by atoms with Crippen LogP contribution >= 0.6 is 11.6 Å². The fourth-order valence-corrected chi connectivity index (χ4v) is 2.62. The predicted molar refractivity (Wildman–Crippen MR) is 103 cm³/mol. The highest BCUT2D eigenvalue weighted by Crippen LogP contribution is 2.29. The van der Waals surface area contributed by atoms with Gasteiger partial charge in [0.1, 0.15) is 6.61 Å². The Morgan fingerprint density at radius 1 is 1.19 bits per heavy atom. The number of amides is 1. The molecule has 1 atom stereocenters. The van der Waals surface area contributed by atoms with Gasteiger partial charge in [0, 0.05) is 17.5 Å². The SMILES string of the molecule is C#CCOc1ccc(CC(C)C(=O)NCc2ccc(Cl)cc2)cc1OC. The Bertz CT molecular complexity index is 781. The lowest BCUT2D eigenvalue weighted by molar-refractivity contribution is -0.124. The molecule has 0 saturated heterocycles. The zero-order chi connectivity index (χ0) is 18.9. The highest BCUT2D eigenvalue weighted by molar-refractivity contribution is 6.30. The van der Waals surface area contributed by atoms with Crippen molar-refractivity contribution in [2.75, 3.05) is 13.7 Å². The Balaban J connectivity index is 1.93. The van der Waals surface area contributed by atoms with Crippen molar-refractivity contribution in [1.29, 1.82) is 0 Å². The topological polar surface area (TPSA) is 47.6 Å². The first-order chi connectivity index (χ1) is 12.5. The lowest BCUT2D eigenvalue weighted by Crippen LogP contribution is -2.29. The van der Waals surface area contributed by atoms with Gasteiger partial charge in [0.25, 0.3) is 0 Å². The second-order valence-electron chi connectivity index (χ2n) is 5.93. The Morgan fingerprint density at radius 2 is 1.88 bits per heavy atom. The highest BCUT2D eigenvalue weighted by atomic mass is 35.5. The monoisotopic (exact) mass is 371 g/mol. The molecular weight excluding hydrogens is 350 g/mol. The third-order valence-electron chi connectivity index (χ3n) is 3.91. The molecule has 0 spiro atoms. The van der Waals surface area contributed by atoms with Crippen LogP contribution in [0.2, 0.25) is 5.02 Å². The van der Waals surface area contributed by atoms with E-state index >= 15 is 0 Å². The maximum Gasteiger partial charge on any atom is 0.223 e. The first-order valence-corrected chi connectivity index (χ1v) is 8.66. The molecule has 2 aromatic carbocycles. The summed E-state index contributed by atoms with van der Waals surface area (Å²) >= 11 is 5.86. The van der Waals surface area contributed by atoms with Crippen LogP contribution in [0, 0.1) is 18.3 Å². The van der Waals surface area contributed by atoms with Crippen molar-refractivity contribution in [3.63, 3.8) is 0 Å². The van der Waals surface area contributed by atoms with E-state index in [1.54, 1.807) is 7.11 Å². The van der Waals surface area contributed by atoms with Gasteiger partial charge in [-0.1, -0.05) is 42.6 Å². The van der Waals surface area contributed by atoms with Gasteiger partial charge in [-0.15, -0.1) is 6.42 Å². The van der Waals surface area contributed by atoms with E-state index < -0.39 is 0 Å². The Kier molecular flexibility index (Phi) is 7.37. The van der Waals surface area contributed by atoms with Crippen LogP contribution in [0.25, 0.3) is 0 Å². The van der Waals surface area contributed by atoms with Gasteiger partial charge in [-0.25, -0.2) is 0 Å². The van der Waals surface area contributed by atoms with E-state index in [0.29, 0.717) is 29.5 Å². The number of benzene rings is 2. The summed E-state index contributed by atoms with van der Waals surface area (Å²) in [4.78, 5) is 12.3. The summed E-state index contributed by atoms with van der Waals surface area (Å²) in [5.74, 6) is 3.43. The third kappa shape index (κ3) is 5.72. The molecule has 0 aliphatic heterocycles. The maximum atomic E-state index is 12.3. The molecule has 0 aliphatic rings. The summed E-state index contributed by atoms with van der Waals surface area (Å²) in [7, 11) is 1.57. The number of halogens is 1. The molecule has 2 rings (SSSR count). The minimum Gasteiger partial charge on any atom is -0.493 e. The lowest BCUT2D eigenvalue weighted by atomic mass is 10.00. The van der Waals surface area contributed by atoms with Crippen molar-refractivity contribution in [2.24, 2.45) is 5.92 Å². The Labute approximate surface area is 159 Å². The van der Waals surface area contributed by atoms with Crippen LogP contribution in [0.4, 0.5) is 0 Å². The van der Waals surface area contributed by atoms with E-state index in [2.05, 4.69) is 11.2 Å². The van der Waals surface area contributed by atoms with Crippen molar-refractivity contribution >= 4 is 17.5 Å². The molecule has 1 N–H and O–H groups in total. The van der Waals surface area contributed by atoms with Gasteiger partial charge < -0.3 is 14.8 Å². The van der Waals surface area contributed by atoms with Crippen molar-refractivity contribution in [2.45, 2.75) is 19.9 Å². The number of hydrogen-bond donors (Lipinski definition) is 1. The maximum absolute atomic E-state index is 12.3. The number of methoxy groups -OCH3 is 1. The number of carbonyl (C=O) groups is 1. The van der Waals surface area contributed by atoms with Crippen LogP contribution in [-0.4, -0.2) is 19.6 Å². The highest BCUT2D eigenvalue weighted by Gasteiger charge is 2.15. The molecule has 0 radical (unpaired) electrons. The number of rotatable bonds is 8. The average molecular weight is 372 g/mol. The van der Waals surface area contributed by atoms with Gasteiger partial charge in [0.05, 0.1) is 7.11 Å². The second-order valence-corrected chi connectivity index (χ2v) is 6.36. The number of nitrogens with one attached hydrogen (secondary N) is 1. The molecule has 0 saturated carbocycles. The number of ether oxygens (including phenoxy) is 2. The normalized spacial score (nSPS) is 11.3. The lowest BCUT2D eigenvalue weighted by Gasteiger charge is -2.14. The first kappa shape index (κ1) is 19.7. The van der Waals surface area contributed by atoms with Gasteiger partial charge in [0.2, 0.25) is 5.91 Å². The summed E-state index contributed by atoms with van der Waals surface area (Å²) in [6, 6.07) is 13.0. The van der Waals surface area contributed by atoms with Crippen LogP contribution in [0.5, 0.6) is 11.5 Å². The summed E-state index contributed by atoms with van der Waals surface area (Å²) < 4.78 is 10.8. The van der Waals surface area contributed by atoms with Gasteiger partial charge in [-0.2, -0.15) is 0 Å². The largest absolute Gasteiger partial charge is 0.493 e. The third-order valence-corrected chi connectivity index (χ3v) is 4.16. The van der Waals surface area contributed by atoms with Gasteiger partial charge in [0.15, 0.2) is 11.5 Å². The standard InChI is InChI=1S/C21H22ClNO3/c1-4-11-26-19-10-7-17(13-20(19)25-3)12-15(2)21(24)23-14-16-5-8-18(22)9-6-16/h1,5-10,13,15H,11-12,14H2,2-3H3,(H,23,24). The zero-order valence-corrected chi connectivity index (χ0v) is 15.7. The molecular formula is C21H22ClNO3. The van der Waals surface area contributed by atoms with Crippen molar-refractivity contribution in [1.82, 2.24) is 5.32 Å². The van der Waals surface area contributed by atoms with E-state index in [9.17, 15) is 4.79 Å². The molecule has 0 aromatic heterocycles. The van der Waals surface area contributed by atoms with E-state index in [-0.39, 0.29) is 18.4 Å². The Morgan fingerprint density at radius 3 is 2.54 bits per heavy atom. The van der Waals surface area contributed by atoms with Crippen LogP contribution in [0.15, 0.2) is 42.5 Å². The van der Waals surface area contributed by atoms with Crippen LogP contribution < -0.4 is 14.8 Å². The zero-order valence-electron chi connectivity index (χ0n) is 14.9. The number of hydrogen-bond acceptors (Lipinski definition) is 3. The van der Waals surface area contributed by atoms with E-state index in [0.717, 1.165) is 11.1 Å². The van der Waals surface area contributed by atoms with Crippen molar-refractivity contribution < 1.29 is 14.3 Å². The fraction of sp³-hybridized carbons (Fsp3) is 0.286. The molecule has 0 aliphatic carbocycles. The Hall–Kier alpha value is -2.64. The van der Waals surface area contributed by atoms with E-state index in [4.69, 9.17) is 27.5 Å². The quantitative estimate of drug-likeness (QED) is 0.717. The molecule has 0 fully saturated rings. The minimum absolute atomic E-state index is 0.00780. The smallest absolute Gasteiger partial charge is 0.223 e. The molecule has 2 aromatic rings. The first-order valence-electron chi connectivity index (χ1n) is 8.28. The van der Waals surface area contributed by atoms with Gasteiger partial charge in [-0.05, 0) is 41.8 Å². The summed E-state index contributed by atoms with van der Waals surface area (Å²) in [6.07, 6.45) is 5.80. The summed E-state index contributed by atoms with van der Waals surface area (Å²) in [5.41, 5.74) is 2.00. The molecule has 1 amide bonds. The summed E-state index contributed by atoms with van der Waals surface area (Å²) in [6.45, 7) is 2.55. The fourth-order valence-electron chi connectivity index (χ4n) is 2.49. The van der Waals surface area contributed by atoms with Crippen molar-refractivity contribution in [3.05, 3.63) is 58.6 Å². The average Bonchev–Trinajstić information content (AvgIpc) is 2.66. The molecule has 0 bridgehead atoms. The second kappa shape index (κ2) is 9.74. The predicted octanol–water partition coefficient (Wildman–Crippen LogP) is 3.86. The molecule has 4 nitrogen and oxygen atoms in total. The molecule has 1 unspecified atom stereocenters. The minimum atomic E-state index is -0.176. The van der Waals surface area contributed by atoms with E-state index in [1.807, 2.05) is 49.4 Å². The van der Waals surface area contributed by atoms with E-state index in [1.165, 1.54) is 0 Å². The molecule has 26 heavy (non-hydrogen) atoms. The van der Waals surface area contributed by atoms with Crippen molar-refractivity contribution in [3.8, 4) is 23.8 Å².